The second kappa shape index (κ2) is 16.4. The van der Waals surface area contributed by atoms with E-state index < -0.39 is 40.0 Å². The molecule has 2 aromatic rings. The van der Waals surface area contributed by atoms with Crippen LogP contribution in [0.5, 0.6) is 0 Å². The number of nitrogens with zero attached hydrogens (tertiary/aromatic N) is 3. The summed E-state index contributed by atoms with van der Waals surface area (Å²) >= 11 is 1.12. The normalized spacial score (nSPS) is 14.9. The molecule has 2 amide bonds. The van der Waals surface area contributed by atoms with Gasteiger partial charge in [-0.15, -0.1) is 11.8 Å². The van der Waals surface area contributed by atoms with Crippen LogP contribution in [0.2, 0.25) is 0 Å². The molecule has 0 aromatic heterocycles. The highest BCUT2D eigenvalue weighted by atomic mass is 32.2. The zero-order chi connectivity index (χ0) is 33.9. The molecule has 1 aliphatic rings. The number of nitrogens with one attached hydrogen (secondary N) is 1. The molecule has 1 heterocycles. The average molecular weight is 653 g/mol. The lowest BCUT2D eigenvalue weighted by Gasteiger charge is -2.24. The molecule has 0 radical (unpaired) electrons. The summed E-state index contributed by atoms with van der Waals surface area (Å²) < 4.78 is 4.97. The SMILES string of the molecule is COC(=O)C(C)(N=C(CCC(=O)O)ON1C(=O)c2ccccc2C1=O)SCC=C(C)CCC=C(C)CNc1ccc([N+](=O)[O-])cc1. The number of esters is 1. The molecule has 0 fully saturated rings. The lowest BCUT2D eigenvalue weighted by atomic mass is 10.1. The molecule has 3 rings (SSSR count). The minimum Gasteiger partial charge on any atom is -0.481 e. The van der Waals surface area contributed by atoms with Gasteiger partial charge < -0.3 is 20.0 Å². The van der Waals surface area contributed by atoms with E-state index >= 15 is 0 Å². The number of nitro groups is 1. The van der Waals surface area contributed by atoms with Crippen molar-refractivity contribution in [2.45, 2.75) is 51.3 Å². The lowest BCUT2D eigenvalue weighted by Crippen LogP contribution is -2.37. The van der Waals surface area contributed by atoms with Gasteiger partial charge >= 0.3 is 11.9 Å². The maximum atomic E-state index is 12.9. The number of imide groups is 1. The van der Waals surface area contributed by atoms with Crippen LogP contribution in [-0.4, -0.2) is 69.0 Å². The number of carbonyl (C=O) groups excluding carboxylic acids is 3. The van der Waals surface area contributed by atoms with Gasteiger partial charge in [0.1, 0.15) is 0 Å². The molecule has 46 heavy (non-hydrogen) atoms. The maximum Gasteiger partial charge on any atom is 0.344 e. The molecule has 13 nitrogen and oxygen atoms in total. The van der Waals surface area contributed by atoms with Gasteiger partial charge in [0, 0.05) is 36.5 Å². The molecule has 0 saturated carbocycles. The number of aliphatic carboxylic acids is 1. The number of carbonyl (C=O) groups is 4. The van der Waals surface area contributed by atoms with Crippen LogP contribution in [0, 0.1) is 10.1 Å². The number of ether oxygens (including phenoxy) is 1. The Labute approximate surface area is 270 Å². The first kappa shape index (κ1) is 35.5. The number of carboxylic acids is 1. The molecule has 1 atom stereocenters. The second-order valence-corrected chi connectivity index (χ2v) is 11.9. The summed E-state index contributed by atoms with van der Waals surface area (Å²) in [4.78, 5) is 68.6. The fourth-order valence-electron chi connectivity index (χ4n) is 4.26. The lowest BCUT2D eigenvalue weighted by molar-refractivity contribution is -0.384. The third-order valence-corrected chi connectivity index (χ3v) is 8.04. The number of methoxy groups -OCH3 is 1. The van der Waals surface area contributed by atoms with Crippen molar-refractivity contribution in [3.63, 3.8) is 0 Å². The number of hydroxylamine groups is 2. The number of hydrogen-bond donors (Lipinski definition) is 2. The number of amides is 2. The van der Waals surface area contributed by atoms with E-state index in [0.717, 1.165) is 41.4 Å². The molecule has 1 aliphatic heterocycles. The number of allylic oxidation sites excluding steroid dienone is 2. The minimum absolute atomic E-state index is 0.0327. The quantitative estimate of drug-likeness (QED) is 0.0426. The smallest absolute Gasteiger partial charge is 0.344 e. The molecule has 0 aliphatic carbocycles. The van der Waals surface area contributed by atoms with Crippen LogP contribution >= 0.6 is 11.8 Å². The number of fused-ring (bicyclic) bond motifs is 1. The molecular formula is C32H36N4O9S. The Bertz CT molecular complexity index is 1530. The molecule has 244 valence electrons. The van der Waals surface area contributed by atoms with E-state index in [1.165, 1.54) is 38.3 Å². The summed E-state index contributed by atoms with van der Waals surface area (Å²) in [6.07, 6.45) is 4.86. The van der Waals surface area contributed by atoms with E-state index in [9.17, 15) is 34.4 Å². The summed E-state index contributed by atoms with van der Waals surface area (Å²) in [6, 6.07) is 12.4. The molecular weight excluding hydrogens is 616 g/mol. The van der Waals surface area contributed by atoms with E-state index in [0.29, 0.717) is 17.4 Å². The van der Waals surface area contributed by atoms with Gasteiger partial charge in [-0.1, -0.05) is 40.5 Å². The number of thioether (sulfide) groups is 1. The summed E-state index contributed by atoms with van der Waals surface area (Å²) in [6.45, 7) is 6.02. The highest BCUT2D eigenvalue weighted by Gasteiger charge is 2.40. The summed E-state index contributed by atoms with van der Waals surface area (Å²) in [5.74, 6) is -3.25. The van der Waals surface area contributed by atoms with Crippen LogP contribution < -0.4 is 5.32 Å². The van der Waals surface area contributed by atoms with Crippen molar-refractivity contribution in [3.8, 4) is 0 Å². The van der Waals surface area contributed by atoms with Gasteiger partial charge in [-0.2, -0.15) is 0 Å². The van der Waals surface area contributed by atoms with Crippen molar-refractivity contribution in [1.29, 1.82) is 0 Å². The van der Waals surface area contributed by atoms with Crippen molar-refractivity contribution in [2.24, 2.45) is 4.99 Å². The molecule has 0 bridgehead atoms. The Hall–Kier alpha value is -4.98. The van der Waals surface area contributed by atoms with Gasteiger partial charge in [-0.3, -0.25) is 24.5 Å². The zero-order valence-corrected chi connectivity index (χ0v) is 26.8. The second-order valence-electron chi connectivity index (χ2n) is 10.5. The van der Waals surface area contributed by atoms with Crippen LogP contribution in [0.4, 0.5) is 11.4 Å². The molecule has 0 saturated heterocycles. The largest absolute Gasteiger partial charge is 0.481 e. The van der Waals surface area contributed by atoms with E-state index in [2.05, 4.69) is 16.4 Å². The summed E-state index contributed by atoms with van der Waals surface area (Å²) in [7, 11) is 1.20. The number of hydrogen-bond acceptors (Lipinski definition) is 11. The number of rotatable bonds is 16. The van der Waals surface area contributed by atoms with Crippen molar-refractivity contribution in [3.05, 3.63) is 93.1 Å². The van der Waals surface area contributed by atoms with Crippen molar-refractivity contribution < 1.29 is 38.8 Å². The molecule has 0 spiro atoms. The molecule has 2 aromatic carbocycles. The molecule has 14 heteroatoms. The number of benzene rings is 2. The average Bonchev–Trinajstić information content (AvgIpc) is 3.27. The Balaban J connectivity index is 1.63. The number of carboxylic acid groups (broad SMARTS) is 1. The Kier molecular flexibility index (Phi) is 12.6. The van der Waals surface area contributed by atoms with Crippen LogP contribution in [0.3, 0.4) is 0 Å². The molecule has 2 N–H and O–H groups in total. The standard InChI is InChI=1S/C32H36N4O9S/c1-21(8-7-9-22(2)20-33-23-12-14-24(15-13-23)36(42)43)18-19-46-32(3,31(41)44-4)34-27(16-17-28(37)38)45-35-29(39)25-10-5-6-11-26(25)30(35)40/h5-6,9-15,18,33H,7-8,16-17,19-20H2,1-4H3,(H,37,38). The van der Waals surface area contributed by atoms with Crippen molar-refractivity contribution >= 4 is 52.8 Å². The van der Waals surface area contributed by atoms with E-state index in [-0.39, 0.29) is 29.1 Å². The van der Waals surface area contributed by atoms with E-state index in [4.69, 9.17) is 9.57 Å². The van der Waals surface area contributed by atoms with Gasteiger partial charge in [0.05, 0.1) is 29.6 Å². The number of aliphatic imine (C=N–C) groups is 1. The van der Waals surface area contributed by atoms with Crippen LogP contribution in [-0.2, 0) is 19.2 Å². The van der Waals surface area contributed by atoms with Gasteiger partial charge in [0.2, 0.25) is 10.8 Å². The summed E-state index contributed by atoms with van der Waals surface area (Å²) in [5, 5.41) is 23.8. The van der Waals surface area contributed by atoms with Gasteiger partial charge in [0.25, 0.3) is 17.5 Å². The monoisotopic (exact) mass is 652 g/mol. The maximum absolute atomic E-state index is 12.9. The van der Waals surface area contributed by atoms with Gasteiger partial charge in [-0.05, 0) is 57.9 Å². The molecule has 1 unspecified atom stereocenters. The Morgan fingerprint density at radius 1 is 1.02 bits per heavy atom. The van der Waals surface area contributed by atoms with Gasteiger partial charge in [0.15, 0.2) is 0 Å². The Morgan fingerprint density at radius 2 is 1.65 bits per heavy atom. The predicted octanol–water partition coefficient (Wildman–Crippen LogP) is 5.79. The summed E-state index contributed by atoms with van der Waals surface area (Å²) in [5.41, 5.74) is 3.25. The number of anilines is 1. The minimum atomic E-state index is -1.57. The third-order valence-electron chi connectivity index (χ3n) is 6.89. The first-order chi connectivity index (χ1) is 21.8. The van der Waals surface area contributed by atoms with Gasteiger partial charge in [-0.25, -0.2) is 9.79 Å². The Morgan fingerprint density at radius 3 is 2.22 bits per heavy atom. The third kappa shape index (κ3) is 9.76. The van der Waals surface area contributed by atoms with Crippen molar-refractivity contribution in [1.82, 2.24) is 5.06 Å². The van der Waals surface area contributed by atoms with E-state index in [1.54, 1.807) is 24.3 Å². The number of nitro benzene ring substituents is 1. The highest BCUT2D eigenvalue weighted by Crippen LogP contribution is 2.31. The first-order valence-electron chi connectivity index (χ1n) is 14.3. The van der Waals surface area contributed by atoms with E-state index in [1.807, 2.05) is 19.9 Å². The zero-order valence-electron chi connectivity index (χ0n) is 26.0. The topological polar surface area (TPSA) is 178 Å². The predicted molar refractivity (Wildman–Crippen MR) is 174 cm³/mol. The van der Waals surface area contributed by atoms with Crippen LogP contribution in [0.25, 0.3) is 0 Å². The fraction of sp³-hybridized carbons (Fsp3) is 0.344. The van der Waals surface area contributed by atoms with Crippen LogP contribution in [0.1, 0.15) is 67.2 Å². The fourth-order valence-corrected chi connectivity index (χ4v) is 5.32. The highest BCUT2D eigenvalue weighted by molar-refractivity contribution is 8.01. The van der Waals surface area contributed by atoms with Crippen LogP contribution in [0.15, 0.2) is 76.8 Å². The first-order valence-corrected chi connectivity index (χ1v) is 15.3. The van der Waals surface area contributed by atoms with Crippen molar-refractivity contribution in [2.75, 3.05) is 24.7 Å². The number of non-ortho nitro benzene ring substituents is 1.